The number of aliphatic hydroxyl groups excluding tert-OH is 3. The summed E-state index contributed by atoms with van der Waals surface area (Å²) < 4.78 is 6.57. The van der Waals surface area contributed by atoms with Gasteiger partial charge in [-0.25, -0.2) is 0 Å². The number of hydrogen-bond donors (Lipinski definition) is 3. The van der Waals surface area contributed by atoms with Crippen LogP contribution in [0.3, 0.4) is 0 Å². The summed E-state index contributed by atoms with van der Waals surface area (Å²) in [6, 6.07) is 2.80. The molecule has 2 heterocycles. The molecule has 7 nitrogen and oxygen atoms in total. The summed E-state index contributed by atoms with van der Waals surface area (Å²) in [5, 5.41) is 39.0. The molecule has 7 heteroatoms. The second kappa shape index (κ2) is 4.99. The summed E-state index contributed by atoms with van der Waals surface area (Å²) >= 11 is 0. The number of carboxylic acids is 1. The van der Waals surface area contributed by atoms with Gasteiger partial charge in [-0.2, -0.15) is 4.57 Å². The van der Waals surface area contributed by atoms with Gasteiger partial charge in [0.25, 0.3) is 6.23 Å². The van der Waals surface area contributed by atoms with Gasteiger partial charge < -0.3 is 30.0 Å². The predicted molar refractivity (Wildman–Crippen MR) is 54.0 cm³/mol. The van der Waals surface area contributed by atoms with Crippen LogP contribution in [0.25, 0.3) is 0 Å². The molecule has 1 aliphatic heterocycles. The lowest BCUT2D eigenvalue weighted by molar-refractivity contribution is -0.765. The van der Waals surface area contributed by atoms with Gasteiger partial charge in [0.15, 0.2) is 18.5 Å². The highest BCUT2D eigenvalue weighted by molar-refractivity contribution is 5.84. The van der Waals surface area contributed by atoms with Gasteiger partial charge in [0.1, 0.15) is 12.2 Å². The van der Waals surface area contributed by atoms with Crippen LogP contribution in [0.4, 0.5) is 0 Å². The molecule has 98 valence electrons. The monoisotopic (exact) mass is 255 g/mol. The zero-order chi connectivity index (χ0) is 13.3. The van der Waals surface area contributed by atoms with Crippen molar-refractivity contribution in [2.75, 3.05) is 6.61 Å². The Morgan fingerprint density at radius 1 is 1.44 bits per heavy atom. The van der Waals surface area contributed by atoms with Crippen LogP contribution in [0.15, 0.2) is 24.5 Å². The molecule has 3 N–H and O–H groups in total. The molecule has 1 aromatic heterocycles. The third kappa shape index (κ3) is 2.21. The normalized spacial score (nSPS) is 31.5. The third-order valence-electron chi connectivity index (χ3n) is 2.87. The summed E-state index contributed by atoms with van der Waals surface area (Å²) in [6.45, 7) is -0.435. The molecule has 1 saturated heterocycles. The molecule has 0 aromatic carbocycles. The summed E-state index contributed by atoms with van der Waals surface area (Å²) in [5.74, 6) is -1.35. The number of pyridine rings is 1. The van der Waals surface area contributed by atoms with Crippen LogP contribution >= 0.6 is 0 Å². The molecule has 0 saturated carbocycles. The van der Waals surface area contributed by atoms with Crippen LogP contribution < -0.4 is 9.67 Å². The molecular weight excluding hydrogens is 242 g/mol. The Labute approximate surface area is 102 Å². The van der Waals surface area contributed by atoms with Crippen molar-refractivity contribution in [2.45, 2.75) is 24.5 Å². The van der Waals surface area contributed by atoms with Crippen molar-refractivity contribution in [1.82, 2.24) is 0 Å². The largest absolute Gasteiger partial charge is 0.545 e. The first-order valence-electron chi connectivity index (χ1n) is 5.39. The Morgan fingerprint density at radius 2 is 2.17 bits per heavy atom. The number of aromatic carboxylic acids is 1. The van der Waals surface area contributed by atoms with E-state index < -0.39 is 37.1 Å². The maximum Gasteiger partial charge on any atom is 0.292 e. The fourth-order valence-corrected chi connectivity index (χ4v) is 1.90. The maximum atomic E-state index is 10.7. The molecule has 1 aliphatic rings. The lowest BCUT2D eigenvalue weighted by Crippen LogP contribution is -2.46. The van der Waals surface area contributed by atoms with Crippen LogP contribution in [0, 0.1) is 0 Å². The number of carboxylic acid groups (broad SMARTS) is 1. The highest BCUT2D eigenvalue weighted by Gasteiger charge is 2.47. The Balaban J connectivity index is 2.27. The summed E-state index contributed by atoms with van der Waals surface area (Å²) in [4.78, 5) is 10.7. The van der Waals surface area contributed by atoms with Crippen LogP contribution in [0.2, 0.25) is 0 Å². The second-order valence-corrected chi connectivity index (χ2v) is 4.06. The molecule has 1 fully saturated rings. The number of rotatable bonds is 3. The first kappa shape index (κ1) is 12.9. The highest BCUT2D eigenvalue weighted by Crippen LogP contribution is 2.24. The van der Waals surface area contributed by atoms with E-state index >= 15 is 0 Å². The first-order chi connectivity index (χ1) is 8.54. The summed E-state index contributed by atoms with van der Waals surface area (Å²) in [7, 11) is 0. The molecule has 1 aromatic rings. The highest BCUT2D eigenvalue weighted by atomic mass is 16.6. The number of nitrogens with zero attached hydrogens (tertiary/aromatic N) is 1. The average Bonchev–Trinajstić information content (AvgIpc) is 2.66. The molecule has 0 bridgehead atoms. The van der Waals surface area contributed by atoms with Gasteiger partial charge in [0.05, 0.1) is 18.1 Å². The van der Waals surface area contributed by atoms with Crippen molar-refractivity contribution in [3.8, 4) is 0 Å². The zero-order valence-electron chi connectivity index (χ0n) is 9.34. The lowest BCUT2D eigenvalue weighted by atomic mass is 10.1. The van der Waals surface area contributed by atoms with Crippen molar-refractivity contribution >= 4 is 5.97 Å². The van der Waals surface area contributed by atoms with E-state index in [2.05, 4.69) is 0 Å². The van der Waals surface area contributed by atoms with Gasteiger partial charge in [-0.3, -0.25) is 0 Å². The number of ether oxygens (including phenoxy) is 1. The number of hydrogen-bond acceptors (Lipinski definition) is 6. The van der Waals surface area contributed by atoms with E-state index in [0.29, 0.717) is 0 Å². The van der Waals surface area contributed by atoms with E-state index in [1.807, 2.05) is 0 Å². The van der Waals surface area contributed by atoms with Gasteiger partial charge in [-0.15, -0.1) is 0 Å². The van der Waals surface area contributed by atoms with Crippen molar-refractivity contribution in [3.05, 3.63) is 30.1 Å². The van der Waals surface area contributed by atoms with Crippen LogP contribution in [0.5, 0.6) is 0 Å². The van der Waals surface area contributed by atoms with Crippen LogP contribution in [-0.2, 0) is 4.74 Å². The van der Waals surface area contributed by atoms with Gasteiger partial charge in [-0.1, -0.05) is 0 Å². The zero-order valence-corrected chi connectivity index (χ0v) is 9.34. The van der Waals surface area contributed by atoms with Gasteiger partial charge >= 0.3 is 0 Å². The SMILES string of the molecule is O=C([O-])c1ccc[n+]([C@@H]2O[C@H](CO)C(O)C2O)c1. The van der Waals surface area contributed by atoms with Crippen LogP contribution in [0.1, 0.15) is 16.6 Å². The van der Waals surface area contributed by atoms with E-state index in [4.69, 9.17) is 9.84 Å². The number of carbonyl (C=O) groups is 1. The van der Waals surface area contributed by atoms with Gasteiger partial charge in [0, 0.05) is 6.07 Å². The fourth-order valence-electron chi connectivity index (χ4n) is 1.90. The van der Waals surface area contributed by atoms with Crippen LogP contribution in [-0.4, -0.2) is 46.2 Å². The Hall–Kier alpha value is -1.54. The topological polar surface area (TPSA) is 114 Å². The molecule has 2 rings (SSSR count). The van der Waals surface area contributed by atoms with E-state index in [9.17, 15) is 20.1 Å². The van der Waals surface area contributed by atoms with E-state index in [1.165, 1.54) is 29.1 Å². The van der Waals surface area contributed by atoms with Gasteiger partial charge in [-0.05, 0) is 6.07 Å². The minimum absolute atomic E-state index is 0.0739. The summed E-state index contributed by atoms with van der Waals surface area (Å²) in [6.07, 6.45) is -1.59. The Morgan fingerprint density at radius 3 is 2.72 bits per heavy atom. The number of aromatic nitrogens is 1. The maximum absolute atomic E-state index is 10.7. The number of carbonyl (C=O) groups excluding carboxylic acids is 1. The average molecular weight is 255 g/mol. The number of aliphatic hydroxyl groups is 3. The van der Waals surface area contributed by atoms with E-state index in [1.54, 1.807) is 0 Å². The quantitative estimate of drug-likeness (QED) is 0.494. The molecule has 18 heavy (non-hydrogen) atoms. The molecule has 0 aliphatic carbocycles. The molecule has 2 unspecified atom stereocenters. The molecule has 4 atom stereocenters. The first-order valence-corrected chi connectivity index (χ1v) is 5.39. The van der Waals surface area contributed by atoms with E-state index in [0.717, 1.165) is 0 Å². The van der Waals surface area contributed by atoms with E-state index in [-0.39, 0.29) is 5.56 Å². The van der Waals surface area contributed by atoms with Crippen molar-refractivity contribution in [2.24, 2.45) is 0 Å². The molecule has 0 radical (unpaired) electrons. The predicted octanol–water partition coefficient (Wildman–Crippen LogP) is -3.05. The Bertz CT molecular complexity index is 451. The fraction of sp³-hybridized carbons (Fsp3) is 0.455. The minimum atomic E-state index is -1.35. The van der Waals surface area contributed by atoms with Crippen molar-refractivity contribution in [3.63, 3.8) is 0 Å². The van der Waals surface area contributed by atoms with Crippen molar-refractivity contribution in [1.29, 1.82) is 0 Å². The molecular formula is C11H13NO6. The second-order valence-electron chi connectivity index (χ2n) is 4.06. The van der Waals surface area contributed by atoms with Gasteiger partial charge in [0.2, 0.25) is 0 Å². The standard InChI is InChI=1S/C11H13NO6/c13-5-7-8(14)9(15)10(18-7)12-3-1-2-6(4-12)11(16)17/h1-4,7-10,13-15H,5H2/t7-,8?,9?,10-/m1/s1. The van der Waals surface area contributed by atoms with Crippen molar-refractivity contribution < 1.29 is 34.5 Å². The molecule has 0 spiro atoms. The third-order valence-corrected chi connectivity index (χ3v) is 2.87. The lowest BCUT2D eigenvalue weighted by Gasteiger charge is -2.10. The Kier molecular flexibility index (Phi) is 3.58. The molecule has 0 amide bonds. The summed E-state index contributed by atoms with van der Waals surface area (Å²) in [5.41, 5.74) is -0.0739. The minimum Gasteiger partial charge on any atom is -0.545 e. The smallest absolute Gasteiger partial charge is 0.292 e.